The maximum atomic E-state index is 13.3. The number of hydrogen-bond donors (Lipinski definition) is 1. The van der Waals surface area contributed by atoms with Crippen molar-refractivity contribution in [1.82, 2.24) is 0 Å². The van der Waals surface area contributed by atoms with Crippen LogP contribution in [0.3, 0.4) is 0 Å². The van der Waals surface area contributed by atoms with Gasteiger partial charge in [-0.3, -0.25) is 0 Å². The van der Waals surface area contributed by atoms with Gasteiger partial charge in [0, 0.05) is 0 Å². The summed E-state index contributed by atoms with van der Waals surface area (Å²) in [6.45, 7) is 12.8. The molecule has 4 nitrogen and oxygen atoms in total. The molecule has 0 aliphatic heterocycles. The lowest BCUT2D eigenvalue weighted by Gasteiger charge is -2.41. The molecular weight excluding hydrogens is 368 g/mol. The highest BCUT2D eigenvalue weighted by Gasteiger charge is 2.48. The Kier molecular flexibility index (Phi) is 6.83. The second-order valence-electron chi connectivity index (χ2n) is 8.10. The number of benzene rings is 2. The quantitative estimate of drug-likeness (QED) is 0.549. The molecule has 0 aromatic heterocycles. The summed E-state index contributed by atoms with van der Waals surface area (Å²) in [6.07, 6.45) is 0. The van der Waals surface area contributed by atoms with Crippen molar-refractivity contribution >= 4 is 20.3 Å². The van der Waals surface area contributed by atoms with Gasteiger partial charge < -0.3 is 9.53 Å². The lowest BCUT2D eigenvalue weighted by atomic mass is 9.95. The number of hydrogen-bond acceptors (Lipinski definition) is 3. The maximum Gasteiger partial charge on any atom is 0.336 e. The molecule has 28 heavy (non-hydrogen) atoms. The third kappa shape index (κ3) is 4.04. The zero-order valence-corrected chi connectivity index (χ0v) is 18.5. The highest BCUT2D eigenvalue weighted by Crippen LogP contribution is 2.43. The van der Waals surface area contributed by atoms with Crippen LogP contribution in [0.25, 0.3) is 11.1 Å². The summed E-state index contributed by atoms with van der Waals surface area (Å²) in [7, 11) is -2.40. The van der Waals surface area contributed by atoms with E-state index in [9.17, 15) is 14.7 Å². The van der Waals surface area contributed by atoms with Crippen molar-refractivity contribution < 1.29 is 19.1 Å². The summed E-state index contributed by atoms with van der Waals surface area (Å²) in [5, 5.41) is 9.55. The van der Waals surface area contributed by atoms with Crippen molar-refractivity contribution in [2.24, 2.45) is 0 Å². The van der Waals surface area contributed by atoms with Gasteiger partial charge in [-0.15, -0.1) is 0 Å². The second kappa shape index (κ2) is 8.74. The first-order valence-electron chi connectivity index (χ1n) is 9.77. The van der Waals surface area contributed by atoms with Crippen LogP contribution >= 0.6 is 0 Å². The van der Waals surface area contributed by atoms with Gasteiger partial charge >= 0.3 is 11.9 Å². The molecular formula is C23H30O4Si. The van der Waals surface area contributed by atoms with E-state index in [1.165, 1.54) is 0 Å². The molecule has 0 spiro atoms. The minimum atomic E-state index is -2.40. The lowest BCUT2D eigenvalue weighted by Crippen LogP contribution is -2.49. The summed E-state index contributed by atoms with van der Waals surface area (Å²) >= 11 is 0. The molecule has 0 saturated heterocycles. The monoisotopic (exact) mass is 398 g/mol. The highest BCUT2D eigenvalue weighted by molar-refractivity contribution is 6.79. The van der Waals surface area contributed by atoms with Gasteiger partial charge in [0.25, 0.3) is 8.32 Å². The fourth-order valence-electron chi connectivity index (χ4n) is 4.37. The zero-order chi connectivity index (χ0) is 21.1. The molecule has 0 aliphatic rings. The van der Waals surface area contributed by atoms with Crippen molar-refractivity contribution in [1.29, 1.82) is 0 Å². The third-order valence-electron chi connectivity index (χ3n) is 5.57. The van der Waals surface area contributed by atoms with E-state index in [4.69, 9.17) is 4.43 Å². The number of carboxylic acids is 1. The Bertz CT molecular complexity index is 833. The summed E-state index contributed by atoms with van der Waals surface area (Å²) in [6, 6.07) is 13.8. The van der Waals surface area contributed by atoms with Gasteiger partial charge in [-0.1, -0.05) is 77.9 Å². The van der Waals surface area contributed by atoms with Gasteiger partial charge in [0.2, 0.25) is 0 Å². The smallest absolute Gasteiger partial charge is 0.336 e. The molecule has 150 valence electrons. The lowest BCUT2D eigenvalue weighted by molar-refractivity contribution is 0.0688. The average Bonchev–Trinajstić information content (AvgIpc) is 2.64. The Morgan fingerprint density at radius 2 is 1.14 bits per heavy atom. The molecule has 1 N–H and O–H groups in total. The van der Waals surface area contributed by atoms with E-state index >= 15 is 0 Å². The Balaban J connectivity index is 2.56. The van der Waals surface area contributed by atoms with Crippen molar-refractivity contribution in [3.8, 4) is 11.1 Å². The van der Waals surface area contributed by atoms with E-state index in [-0.39, 0.29) is 28.2 Å². The van der Waals surface area contributed by atoms with Gasteiger partial charge in [0.1, 0.15) is 0 Å². The van der Waals surface area contributed by atoms with E-state index in [0.717, 1.165) is 0 Å². The summed E-state index contributed by atoms with van der Waals surface area (Å²) in [5.41, 5.74) is 2.51. The number of carboxylic acid groups (broad SMARTS) is 1. The topological polar surface area (TPSA) is 63.6 Å². The molecule has 0 unspecified atom stereocenters. The fourth-order valence-corrected chi connectivity index (χ4v) is 9.51. The fraction of sp³-hybridized carbons (Fsp3) is 0.391. The predicted molar refractivity (Wildman–Crippen MR) is 115 cm³/mol. The first-order valence-corrected chi connectivity index (χ1v) is 11.9. The van der Waals surface area contributed by atoms with Crippen LogP contribution in [0.4, 0.5) is 0 Å². The predicted octanol–water partition coefficient (Wildman–Crippen LogP) is 6.38. The minimum absolute atomic E-state index is 0.169. The van der Waals surface area contributed by atoms with Crippen LogP contribution in [0, 0.1) is 0 Å². The number of carbonyl (C=O) groups excluding carboxylic acids is 1. The molecule has 5 heteroatoms. The standard InChI is InChI=1S/C23H30O4Si/c1-15(2)28(16(3)4,17(5)6)27-23(26)21-14-10-8-12-19(21)18-11-7-9-13-20(18)22(24)25/h7-17H,1-6H3,(H,24,25). The molecule has 0 heterocycles. The van der Waals surface area contributed by atoms with E-state index in [2.05, 4.69) is 41.5 Å². The molecule has 2 rings (SSSR count). The SMILES string of the molecule is CC(C)[Si](OC(=O)c1ccccc1-c1ccccc1C(=O)O)(C(C)C)C(C)C. The number of aromatic carboxylic acids is 1. The Morgan fingerprint density at radius 1 is 0.750 bits per heavy atom. The van der Waals surface area contributed by atoms with Crippen molar-refractivity contribution in [3.05, 3.63) is 59.7 Å². The van der Waals surface area contributed by atoms with E-state index in [1.54, 1.807) is 42.5 Å². The number of rotatable bonds is 7. The van der Waals surface area contributed by atoms with Crippen molar-refractivity contribution in [2.75, 3.05) is 0 Å². The van der Waals surface area contributed by atoms with Crippen molar-refractivity contribution in [3.63, 3.8) is 0 Å². The van der Waals surface area contributed by atoms with Crippen LogP contribution in [0.1, 0.15) is 62.3 Å². The summed E-state index contributed by atoms with van der Waals surface area (Å²) in [4.78, 5) is 25.0. The molecule has 0 fully saturated rings. The first-order chi connectivity index (χ1) is 13.1. The highest BCUT2D eigenvalue weighted by atomic mass is 28.4. The second-order valence-corrected chi connectivity index (χ2v) is 13.5. The molecule has 0 amide bonds. The Hall–Kier alpha value is -2.40. The van der Waals surface area contributed by atoms with Gasteiger partial charge in [0.15, 0.2) is 0 Å². The molecule has 2 aromatic rings. The molecule has 0 atom stereocenters. The van der Waals surface area contributed by atoms with Crippen molar-refractivity contribution in [2.45, 2.75) is 58.2 Å². The normalized spacial score (nSPS) is 11.9. The zero-order valence-electron chi connectivity index (χ0n) is 17.5. The minimum Gasteiger partial charge on any atom is -0.515 e. The molecule has 0 saturated carbocycles. The average molecular weight is 399 g/mol. The maximum absolute atomic E-state index is 13.3. The van der Waals surface area contributed by atoms with Crippen LogP contribution in [-0.2, 0) is 4.43 Å². The molecule has 0 radical (unpaired) electrons. The van der Waals surface area contributed by atoms with E-state index < -0.39 is 14.3 Å². The third-order valence-corrected chi connectivity index (χ3v) is 11.5. The molecule has 0 aliphatic carbocycles. The van der Waals surface area contributed by atoms with Crippen LogP contribution < -0.4 is 0 Å². The van der Waals surface area contributed by atoms with Crippen LogP contribution in [-0.4, -0.2) is 25.4 Å². The van der Waals surface area contributed by atoms with Crippen LogP contribution in [0.5, 0.6) is 0 Å². The van der Waals surface area contributed by atoms with Crippen LogP contribution in [0.2, 0.25) is 16.6 Å². The molecule has 2 aromatic carbocycles. The first kappa shape index (κ1) is 21.9. The van der Waals surface area contributed by atoms with E-state index in [1.807, 2.05) is 6.07 Å². The Labute approximate surface area is 168 Å². The summed E-state index contributed by atoms with van der Waals surface area (Å²) in [5.74, 6) is -1.38. The van der Waals surface area contributed by atoms with Gasteiger partial charge in [-0.2, -0.15) is 0 Å². The summed E-state index contributed by atoms with van der Waals surface area (Å²) < 4.78 is 6.32. The molecule has 0 bridgehead atoms. The van der Waals surface area contributed by atoms with Crippen LogP contribution in [0.15, 0.2) is 48.5 Å². The Morgan fingerprint density at radius 3 is 1.57 bits per heavy atom. The van der Waals surface area contributed by atoms with Gasteiger partial charge in [-0.05, 0) is 39.9 Å². The largest absolute Gasteiger partial charge is 0.515 e. The van der Waals surface area contributed by atoms with Gasteiger partial charge in [-0.25, -0.2) is 9.59 Å². The van der Waals surface area contributed by atoms with E-state index in [0.29, 0.717) is 16.7 Å². The number of carbonyl (C=O) groups is 2. The van der Waals surface area contributed by atoms with Gasteiger partial charge in [0.05, 0.1) is 11.1 Å².